The minimum absolute atomic E-state index is 0. The van der Waals surface area contributed by atoms with Crippen LogP contribution in [0.25, 0.3) is 17.0 Å². The van der Waals surface area contributed by atoms with Crippen LogP contribution in [0, 0.1) is 5.82 Å². The predicted octanol–water partition coefficient (Wildman–Crippen LogP) is 3.71. The molecular weight excluding hydrogens is 459 g/mol. The van der Waals surface area contributed by atoms with Crippen LogP contribution >= 0.6 is 25.1 Å². The summed E-state index contributed by atoms with van der Waals surface area (Å²) in [4.78, 5) is 20.7. The number of hydrogen-bond acceptors (Lipinski definition) is 7. The van der Waals surface area contributed by atoms with Gasteiger partial charge in [-0.2, -0.15) is 28.7 Å². The van der Waals surface area contributed by atoms with Crippen LogP contribution in [0.5, 0.6) is 5.88 Å². The minimum Gasteiger partial charge on any atom is -0.479 e. The Balaban J connectivity index is 0.00000289. The minimum atomic E-state index is -0.486. The number of methoxy groups -OCH3 is 1. The van der Waals surface area contributed by atoms with E-state index in [0.29, 0.717) is 21.6 Å². The average Bonchev–Trinajstić information content (AvgIpc) is 3.40. The van der Waals surface area contributed by atoms with Crippen molar-refractivity contribution in [3.05, 3.63) is 58.8 Å². The predicted molar refractivity (Wildman–Crippen MR) is 121 cm³/mol. The van der Waals surface area contributed by atoms with Crippen LogP contribution in [0.2, 0.25) is 5.02 Å². The van der Waals surface area contributed by atoms with E-state index in [1.165, 1.54) is 36.3 Å². The van der Waals surface area contributed by atoms with Crippen molar-refractivity contribution < 1.29 is 18.7 Å². The van der Waals surface area contributed by atoms with Crippen molar-refractivity contribution in [1.29, 1.82) is 0 Å². The molecule has 1 aromatic carbocycles. The van der Waals surface area contributed by atoms with Crippen molar-refractivity contribution in [1.82, 2.24) is 29.5 Å². The Labute approximate surface area is 194 Å². The first kappa shape index (κ1) is 23.5. The van der Waals surface area contributed by atoms with Crippen LogP contribution in [-0.4, -0.2) is 49.2 Å². The molecule has 0 N–H and O–H groups in total. The SMILES string of the molecule is CCOC(=O)c1cnn(-c2nc(OC)c3nn([C@@H](C)c4ccc(F)cc4Cl)cc3n2)c1.S. The molecule has 1 atom stereocenters. The number of esters is 1. The molecule has 0 saturated carbocycles. The van der Waals surface area contributed by atoms with Crippen molar-refractivity contribution in [3.63, 3.8) is 0 Å². The first-order valence-electron chi connectivity index (χ1n) is 9.39. The second-order valence-electron chi connectivity index (χ2n) is 6.61. The Morgan fingerprint density at radius 2 is 2.06 bits per heavy atom. The largest absolute Gasteiger partial charge is 0.479 e. The second kappa shape index (κ2) is 9.53. The van der Waals surface area contributed by atoms with Gasteiger partial charge in [-0.3, -0.25) is 4.68 Å². The molecule has 0 aliphatic rings. The Morgan fingerprint density at radius 1 is 1.28 bits per heavy atom. The lowest BCUT2D eigenvalue weighted by molar-refractivity contribution is 0.0526. The van der Waals surface area contributed by atoms with Crippen molar-refractivity contribution >= 4 is 42.1 Å². The summed E-state index contributed by atoms with van der Waals surface area (Å²) in [5.74, 6) is -0.457. The van der Waals surface area contributed by atoms with Gasteiger partial charge in [0.25, 0.3) is 5.95 Å². The molecule has 4 rings (SSSR count). The molecule has 0 saturated heterocycles. The third-order valence-corrected chi connectivity index (χ3v) is 4.97. The Kier molecular flexibility index (Phi) is 6.99. The molecule has 0 aliphatic heterocycles. The number of ether oxygens (including phenoxy) is 2. The lowest BCUT2D eigenvalue weighted by atomic mass is 10.1. The first-order valence-corrected chi connectivity index (χ1v) is 9.77. The maximum atomic E-state index is 13.4. The molecule has 168 valence electrons. The quantitative estimate of drug-likeness (QED) is 0.389. The van der Waals surface area contributed by atoms with Crippen molar-refractivity contribution in [2.24, 2.45) is 0 Å². The molecule has 12 heteroatoms. The van der Waals surface area contributed by atoms with Gasteiger partial charge in [0, 0.05) is 11.2 Å². The number of rotatable bonds is 6. The lowest BCUT2D eigenvalue weighted by Gasteiger charge is -2.14. The molecular formula is C20H20ClFN6O3S. The number of benzene rings is 1. The summed E-state index contributed by atoms with van der Waals surface area (Å²) in [6.45, 7) is 3.86. The van der Waals surface area contributed by atoms with Crippen LogP contribution in [0.3, 0.4) is 0 Å². The van der Waals surface area contributed by atoms with Crippen LogP contribution in [-0.2, 0) is 4.74 Å². The van der Waals surface area contributed by atoms with Gasteiger partial charge in [0.2, 0.25) is 5.88 Å². The number of fused-ring (bicyclic) bond motifs is 1. The number of halogens is 2. The molecule has 0 aliphatic carbocycles. The molecule has 0 radical (unpaired) electrons. The molecule has 0 fully saturated rings. The highest BCUT2D eigenvalue weighted by Gasteiger charge is 2.19. The summed E-state index contributed by atoms with van der Waals surface area (Å²) in [6.07, 6.45) is 4.56. The van der Waals surface area contributed by atoms with Gasteiger partial charge in [-0.1, -0.05) is 17.7 Å². The molecule has 3 aromatic heterocycles. The molecule has 3 heterocycles. The number of aromatic nitrogens is 6. The number of nitrogens with zero attached hydrogens (tertiary/aromatic N) is 6. The van der Waals surface area contributed by atoms with E-state index in [4.69, 9.17) is 21.1 Å². The summed E-state index contributed by atoms with van der Waals surface area (Å²) in [5, 5.41) is 8.96. The third kappa shape index (κ3) is 4.39. The van der Waals surface area contributed by atoms with E-state index in [1.807, 2.05) is 6.92 Å². The fraction of sp³-hybridized carbons (Fsp3) is 0.250. The van der Waals surface area contributed by atoms with Gasteiger partial charge < -0.3 is 9.47 Å². The summed E-state index contributed by atoms with van der Waals surface area (Å²) in [5.41, 5.74) is 1.92. The highest BCUT2D eigenvalue weighted by Crippen LogP contribution is 2.29. The maximum absolute atomic E-state index is 13.4. The Bertz CT molecular complexity index is 1280. The molecule has 0 amide bonds. The van der Waals surface area contributed by atoms with Crippen molar-refractivity contribution in [2.75, 3.05) is 13.7 Å². The highest BCUT2D eigenvalue weighted by molar-refractivity contribution is 7.59. The van der Waals surface area contributed by atoms with Gasteiger partial charge >= 0.3 is 5.97 Å². The highest BCUT2D eigenvalue weighted by atomic mass is 35.5. The zero-order chi connectivity index (χ0) is 22.1. The van der Waals surface area contributed by atoms with Crippen molar-refractivity contribution in [3.8, 4) is 11.8 Å². The van der Waals surface area contributed by atoms with E-state index in [1.54, 1.807) is 23.9 Å². The van der Waals surface area contributed by atoms with Gasteiger partial charge in [-0.15, -0.1) is 0 Å². The van der Waals surface area contributed by atoms with Gasteiger partial charge in [-0.25, -0.2) is 18.9 Å². The number of carbonyl (C=O) groups excluding carboxylic acids is 1. The summed E-state index contributed by atoms with van der Waals surface area (Å²) >= 11 is 6.20. The maximum Gasteiger partial charge on any atom is 0.341 e. The monoisotopic (exact) mass is 478 g/mol. The fourth-order valence-corrected chi connectivity index (χ4v) is 3.40. The molecule has 0 bridgehead atoms. The van der Waals surface area contributed by atoms with Gasteiger partial charge in [-0.05, 0) is 31.5 Å². The van der Waals surface area contributed by atoms with Gasteiger partial charge in [0.05, 0.1) is 37.7 Å². The van der Waals surface area contributed by atoms with E-state index >= 15 is 0 Å². The normalized spacial score (nSPS) is 11.8. The number of carbonyl (C=O) groups is 1. The van der Waals surface area contributed by atoms with E-state index < -0.39 is 11.8 Å². The zero-order valence-corrected chi connectivity index (χ0v) is 19.2. The molecule has 0 unspecified atom stereocenters. The van der Waals surface area contributed by atoms with E-state index in [2.05, 4.69) is 20.2 Å². The fourth-order valence-electron chi connectivity index (χ4n) is 3.07. The molecule has 4 aromatic rings. The van der Waals surface area contributed by atoms with Crippen molar-refractivity contribution in [2.45, 2.75) is 19.9 Å². The van der Waals surface area contributed by atoms with Gasteiger partial charge in [0.15, 0.2) is 5.52 Å². The van der Waals surface area contributed by atoms with E-state index in [-0.39, 0.29) is 43.5 Å². The summed E-state index contributed by atoms with van der Waals surface area (Å²) in [6, 6.07) is 3.92. The lowest BCUT2D eigenvalue weighted by Crippen LogP contribution is -2.08. The number of hydrogen-bond donors (Lipinski definition) is 0. The van der Waals surface area contributed by atoms with E-state index in [0.717, 1.165) is 0 Å². The topological polar surface area (TPSA) is 97.0 Å². The third-order valence-electron chi connectivity index (χ3n) is 4.64. The molecule has 0 spiro atoms. The second-order valence-corrected chi connectivity index (χ2v) is 7.02. The standard InChI is InChI=1S/C20H18ClFN6O3.H2S/c1-4-31-19(29)12-8-23-28(9-12)20-24-16-10-27(26-17(16)18(25-20)30-3)11(2)14-6-5-13(22)7-15(14)21;/h5-11H,4H2,1-3H3;1H2/t11-;/m0./s1. The van der Waals surface area contributed by atoms with E-state index in [9.17, 15) is 9.18 Å². The Morgan fingerprint density at radius 3 is 2.75 bits per heavy atom. The van der Waals surface area contributed by atoms with Crippen LogP contribution < -0.4 is 4.74 Å². The van der Waals surface area contributed by atoms with Gasteiger partial charge in [0.1, 0.15) is 11.3 Å². The Hall–Kier alpha value is -3.18. The zero-order valence-electron chi connectivity index (χ0n) is 17.4. The average molecular weight is 479 g/mol. The summed E-state index contributed by atoms with van der Waals surface area (Å²) < 4.78 is 26.8. The molecule has 9 nitrogen and oxygen atoms in total. The summed E-state index contributed by atoms with van der Waals surface area (Å²) in [7, 11) is 1.47. The van der Waals surface area contributed by atoms with Crippen LogP contribution in [0.4, 0.5) is 4.39 Å². The first-order chi connectivity index (χ1) is 14.9. The molecule has 32 heavy (non-hydrogen) atoms. The van der Waals surface area contributed by atoms with Crippen LogP contribution in [0.15, 0.2) is 36.8 Å². The smallest absolute Gasteiger partial charge is 0.341 e. The van der Waals surface area contributed by atoms with Crippen LogP contribution in [0.1, 0.15) is 35.8 Å².